The lowest BCUT2D eigenvalue weighted by Gasteiger charge is -2.25. The summed E-state index contributed by atoms with van der Waals surface area (Å²) in [6.45, 7) is 3.65. The standard InChI is InChI=1S/C25H26N4O4/c1-2-16-33-20-6-4-18(5-7-20)22-21(23(30)19-8-10-26-11-9-19)24(31)25(32)29(22)14-3-13-28-15-12-27-17-28/h4-12,15,17,22,30H,2-3,13-14,16H2,1H3. The minimum Gasteiger partial charge on any atom is -0.507 e. The predicted octanol–water partition coefficient (Wildman–Crippen LogP) is 3.58. The zero-order valence-corrected chi connectivity index (χ0v) is 18.4. The Bertz CT molecular complexity index is 1120. The monoisotopic (exact) mass is 446 g/mol. The lowest BCUT2D eigenvalue weighted by Crippen LogP contribution is -2.31. The first-order valence-electron chi connectivity index (χ1n) is 11.0. The zero-order chi connectivity index (χ0) is 23.2. The summed E-state index contributed by atoms with van der Waals surface area (Å²) in [6, 6.07) is 9.85. The van der Waals surface area contributed by atoms with Crippen LogP contribution in [0, 0.1) is 0 Å². The van der Waals surface area contributed by atoms with Crippen LogP contribution in [0.4, 0.5) is 0 Å². The molecule has 3 aromatic rings. The van der Waals surface area contributed by atoms with Gasteiger partial charge in [0.2, 0.25) is 0 Å². The van der Waals surface area contributed by atoms with Crippen LogP contribution in [0.3, 0.4) is 0 Å². The number of ketones is 1. The second-order valence-electron chi connectivity index (χ2n) is 7.80. The number of aromatic nitrogens is 3. The number of Topliss-reactive ketones (excluding diaryl/α,β-unsaturated/α-hetero) is 1. The lowest BCUT2D eigenvalue weighted by atomic mass is 9.95. The molecule has 1 N–H and O–H groups in total. The molecular weight excluding hydrogens is 420 g/mol. The number of carbonyl (C=O) groups is 2. The molecule has 1 saturated heterocycles. The van der Waals surface area contributed by atoms with Crippen LogP contribution in [0.2, 0.25) is 0 Å². The number of rotatable bonds is 9. The van der Waals surface area contributed by atoms with Crippen molar-refractivity contribution in [2.75, 3.05) is 13.2 Å². The van der Waals surface area contributed by atoms with Gasteiger partial charge in [-0.2, -0.15) is 0 Å². The number of pyridine rings is 1. The van der Waals surface area contributed by atoms with E-state index in [9.17, 15) is 14.7 Å². The van der Waals surface area contributed by atoms with Gasteiger partial charge in [-0.25, -0.2) is 4.98 Å². The van der Waals surface area contributed by atoms with Gasteiger partial charge in [0.1, 0.15) is 11.5 Å². The Labute approximate surface area is 192 Å². The molecular formula is C25H26N4O4. The lowest BCUT2D eigenvalue weighted by molar-refractivity contribution is -0.139. The molecule has 0 radical (unpaired) electrons. The Balaban J connectivity index is 1.68. The molecule has 0 bridgehead atoms. The van der Waals surface area contributed by atoms with Gasteiger partial charge in [-0.15, -0.1) is 0 Å². The maximum absolute atomic E-state index is 13.0. The van der Waals surface area contributed by atoms with Gasteiger partial charge >= 0.3 is 0 Å². The van der Waals surface area contributed by atoms with Crippen molar-refractivity contribution in [3.63, 3.8) is 0 Å². The van der Waals surface area contributed by atoms with Crippen LogP contribution in [0.15, 0.2) is 73.1 Å². The fourth-order valence-electron chi connectivity index (χ4n) is 3.93. The number of imidazole rings is 1. The Morgan fingerprint density at radius 2 is 1.79 bits per heavy atom. The molecule has 1 unspecified atom stereocenters. The summed E-state index contributed by atoms with van der Waals surface area (Å²) in [4.78, 5) is 35.6. The molecule has 3 heterocycles. The van der Waals surface area contributed by atoms with E-state index >= 15 is 0 Å². The quantitative estimate of drug-likeness (QED) is 0.307. The molecule has 1 aliphatic heterocycles. The number of aryl methyl sites for hydroxylation is 1. The molecule has 170 valence electrons. The topological polar surface area (TPSA) is 97.5 Å². The van der Waals surface area contributed by atoms with Gasteiger partial charge in [-0.05, 0) is 42.7 Å². The highest BCUT2D eigenvalue weighted by Gasteiger charge is 2.45. The third-order valence-electron chi connectivity index (χ3n) is 5.54. The van der Waals surface area contributed by atoms with Crippen molar-refractivity contribution >= 4 is 17.4 Å². The molecule has 0 spiro atoms. The summed E-state index contributed by atoms with van der Waals surface area (Å²) in [5, 5.41) is 11.0. The van der Waals surface area contributed by atoms with E-state index in [4.69, 9.17) is 4.74 Å². The number of benzene rings is 1. The summed E-state index contributed by atoms with van der Waals surface area (Å²) in [7, 11) is 0. The van der Waals surface area contributed by atoms with Crippen LogP contribution < -0.4 is 4.74 Å². The van der Waals surface area contributed by atoms with E-state index in [1.165, 1.54) is 17.3 Å². The Kier molecular flexibility index (Phi) is 6.83. The first-order chi connectivity index (χ1) is 16.1. The third-order valence-corrected chi connectivity index (χ3v) is 5.54. The summed E-state index contributed by atoms with van der Waals surface area (Å²) < 4.78 is 7.59. The molecule has 1 aromatic carbocycles. The first kappa shape index (κ1) is 22.3. The third kappa shape index (κ3) is 4.79. The van der Waals surface area contributed by atoms with Crippen LogP contribution in [0.5, 0.6) is 5.75 Å². The molecule has 8 heteroatoms. The second-order valence-corrected chi connectivity index (χ2v) is 7.80. The number of nitrogens with zero attached hydrogens (tertiary/aromatic N) is 4. The fourth-order valence-corrected chi connectivity index (χ4v) is 3.93. The highest BCUT2D eigenvalue weighted by atomic mass is 16.5. The highest BCUT2D eigenvalue weighted by Crippen LogP contribution is 2.39. The number of aliphatic hydroxyl groups is 1. The van der Waals surface area contributed by atoms with Gasteiger partial charge in [-0.1, -0.05) is 19.1 Å². The van der Waals surface area contributed by atoms with Gasteiger partial charge in [-0.3, -0.25) is 14.6 Å². The minimum absolute atomic E-state index is 0.0797. The smallest absolute Gasteiger partial charge is 0.295 e. The van der Waals surface area contributed by atoms with Crippen molar-refractivity contribution in [3.05, 3.63) is 84.2 Å². The van der Waals surface area contributed by atoms with Gasteiger partial charge < -0.3 is 19.3 Å². The SMILES string of the molecule is CCCOc1ccc(C2C(=C(O)c3ccncc3)C(=O)C(=O)N2CCCn2ccnc2)cc1. The highest BCUT2D eigenvalue weighted by molar-refractivity contribution is 6.46. The van der Waals surface area contributed by atoms with Crippen molar-refractivity contribution in [1.29, 1.82) is 0 Å². The maximum Gasteiger partial charge on any atom is 0.295 e. The van der Waals surface area contributed by atoms with Gasteiger partial charge in [0.15, 0.2) is 0 Å². The number of amides is 1. The summed E-state index contributed by atoms with van der Waals surface area (Å²) >= 11 is 0. The number of ether oxygens (including phenoxy) is 1. The number of hydrogen-bond donors (Lipinski definition) is 1. The van der Waals surface area contributed by atoms with Crippen molar-refractivity contribution in [3.8, 4) is 5.75 Å². The molecule has 0 saturated carbocycles. The first-order valence-corrected chi connectivity index (χ1v) is 11.0. The van der Waals surface area contributed by atoms with E-state index in [2.05, 4.69) is 9.97 Å². The van der Waals surface area contributed by atoms with E-state index in [-0.39, 0.29) is 11.3 Å². The van der Waals surface area contributed by atoms with E-state index in [1.807, 2.05) is 42.0 Å². The average molecular weight is 447 g/mol. The number of aliphatic hydroxyl groups excluding tert-OH is 1. The molecule has 1 fully saturated rings. The number of likely N-dealkylation sites (tertiary alicyclic amines) is 1. The second kappa shape index (κ2) is 10.1. The number of hydrogen-bond acceptors (Lipinski definition) is 6. The van der Waals surface area contributed by atoms with E-state index in [0.717, 1.165) is 12.0 Å². The largest absolute Gasteiger partial charge is 0.507 e. The molecule has 33 heavy (non-hydrogen) atoms. The molecule has 0 aliphatic carbocycles. The summed E-state index contributed by atoms with van der Waals surface area (Å²) in [5.74, 6) is -0.799. The van der Waals surface area contributed by atoms with E-state index in [1.54, 1.807) is 24.7 Å². The Morgan fingerprint density at radius 3 is 2.45 bits per heavy atom. The van der Waals surface area contributed by atoms with E-state index < -0.39 is 17.7 Å². The number of carbonyl (C=O) groups excluding carboxylic acids is 2. The molecule has 1 amide bonds. The predicted molar refractivity (Wildman–Crippen MR) is 122 cm³/mol. The van der Waals surface area contributed by atoms with Crippen molar-refractivity contribution in [2.24, 2.45) is 0 Å². The van der Waals surface area contributed by atoms with Crippen LogP contribution in [-0.4, -0.2) is 49.4 Å². The Morgan fingerprint density at radius 1 is 1.03 bits per heavy atom. The van der Waals surface area contributed by atoms with Gasteiger partial charge in [0.25, 0.3) is 11.7 Å². The average Bonchev–Trinajstić information content (AvgIpc) is 3.45. The molecule has 4 rings (SSSR count). The fraction of sp³-hybridized carbons (Fsp3) is 0.280. The molecule has 2 aromatic heterocycles. The Hall–Kier alpha value is -3.94. The van der Waals surface area contributed by atoms with Crippen molar-refractivity contribution in [2.45, 2.75) is 32.4 Å². The molecule has 1 atom stereocenters. The van der Waals surface area contributed by atoms with Crippen LogP contribution in [0.25, 0.3) is 5.76 Å². The maximum atomic E-state index is 13.0. The summed E-state index contributed by atoms with van der Waals surface area (Å²) in [6.07, 6.45) is 9.85. The van der Waals surface area contributed by atoms with Gasteiger partial charge in [0, 0.05) is 43.4 Å². The van der Waals surface area contributed by atoms with Crippen LogP contribution in [-0.2, 0) is 16.1 Å². The van der Waals surface area contributed by atoms with Crippen molar-refractivity contribution < 1.29 is 19.4 Å². The van der Waals surface area contributed by atoms with Crippen LogP contribution in [0.1, 0.15) is 36.9 Å². The van der Waals surface area contributed by atoms with Crippen LogP contribution >= 0.6 is 0 Å². The summed E-state index contributed by atoms with van der Waals surface area (Å²) in [5.41, 5.74) is 1.25. The minimum atomic E-state index is -0.693. The van der Waals surface area contributed by atoms with Gasteiger partial charge in [0.05, 0.1) is 24.5 Å². The zero-order valence-electron chi connectivity index (χ0n) is 18.4. The molecule has 1 aliphatic rings. The molecule has 8 nitrogen and oxygen atoms in total. The normalized spacial score (nSPS) is 17.5. The van der Waals surface area contributed by atoms with E-state index in [0.29, 0.717) is 37.4 Å². The van der Waals surface area contributed by atoms with Crippen molar-refractivity contribution in [1.82, 2.24) is 19.4 Å².